The van der Waals surface area contributed by atoms with Gasteiger partial charge < -0.3 is 15.3 Å². The number of benzene rings is 1. The second-order valence-corrected chi connectivity index (χ2v) is 13.3. The van der Waals surface area contributed by atoms with Crippen LogP contribution in [0.1, 0.15) is 102 Å². The molecule has 1 aromatic carbocycles. The Morgan fingerprint density at radius 2 is 1.65 bits per heavy atom. The Bertz CT molecular complexity index is 1130. The molecule has 3 N–H and O–H groups in total. The average molecular weight is 462 g/mol. The van der Waals surface area contributed by atoms with E-state index in [1.54, 1.807) is 6.07 Å². The number of aliphatic carboxylic acids is 1. The van der Waals surface area contributed by atoms with Crippen molar-refractivity contribution in [2.75, 3.05) is 0 Å². The maximum absolute atomic E-state index is 12.3. The first kappa shape index (κ1) is 23.8. The van der Waals surface area contributed by atoms with Crippen LogP contribution in [0.2, 0.25) is 0 Å². The van der Waals surface area contributed by atoms with Gasteiger partial charge in [0.2, 0.25) is 0 Å². The summed E-state index contributed by atoms with van der Waals surface area (Å²) in [5.41, 5.74) is 3.07. The fourth-order valence-corrected chi connectivity index (χ4v) is 8.97. The molecule has 4 nitrogen and oxygen atoms in total. The number of carboxylic acids is 1. The molecule has 0 heterocycles. The molecule has 0 aromatic heterocycles. The molecule has 5 rings (SSSR count). The van der Waals surface area contributed by atoms with E-state index in [0.717, 1.165) is 56.1 Å². The van der Waals surface area contributed by atoms with E-state index in [4.69, 9.17) is 7.85 Å². The fourth-order valence-electron chi connectivity index (χ4n) is 8.97. The molecule has 3 saturated carbocycles. The van der Waals surface area contributed by atoms with Crippen LogP contribution in [0.3, 0.4) is 0 Å². The highest BCUT2D eigenvalue weighted by atomic mass is 16.4. The van der Waals surface area contributed by atoms with Crippen LogP contribution in [0.25, 0.3) is 0 Å². The van der Waals surface area contributed by atoms with Crippen molar-refractivity contribution in [2.45, 2.75) is 97.7 Å². The second-order valence-electron chi connectivity index (χ2n) is 13.3. The van der Waals surface area contributed by atoms with E-state index >= 15 is 0 Å². The number of phenolic OH excluding ortho intramolecular Hbond substituents is 2. The summed E-state index contributed by atoms with van der Waals surface area (Å²) in [5, 5.41) is 31.0. The van der Waals surface area contributed by atoms with Crippen molar-refractivity contribution in [1.82, 2.24) is 0 Å². The molecule has 3 fully saturated rings. The number of carbonyl (C=O) groups is 1. The van der Waals surface area contributed by atoms with Gasteiger partial charge >= 0.3 is 5.97 Å². The monoisotopic (exact) mass is 462 g/mol. The molecule has 0 amide bonds. The summed E-state index contributed by atoms with van der Waals surface area (Å²) in [7, 11) is 6.75. The molecule has 4 aliphatic carbocycles. The molecule has 182 valence electrons. The highest BCUT2D eigenvalue weighted by Crippen LogP contribution is 2.75. The van der Waals surface area contributed by atoms with Crippen molar-refractivity contribution >= 4 is 13.8 Å². The van der Waals surface area contributed by atoms with E-state index in [0.29, 0.717) is 11.5 Å². The van der Waals surface area contributed by atoms with Crippen LogP contribution >= 0.6 is 0 Å². The van der Waals surface area contributed by atoms with Gasteiger partial charge in [0.15, 0.2) is 11.5 Å². The van der Waals surface area contributed by atoms with Crippen LogP contribution in [0.4, 0.5) is 0 Å². The third kappa shape index (κ3) is 2.70. The third-order valence-electron chi connectivity index (χ3n) is 11.7. The van der Waals surface area contributed by atoms with Crippen LogP contribution in [-0.2, 0) is 10.2 Å². The zero-order valence-electron chi connectivity index (χ0n) is 21.6. The van der Waals surface area contributed by atoms with Crippen molar-refractivity contribution in [3.05, 3.63) is 34.4 Å². The van der Waals surface area contributed by atoms with E-state index in [1.807, 2.05) is 13.8 Å². The number of hydrogen-bond acceptors (Lipinski definition) is 3. The Kier molecular flexibility index (Phi) is 4.80. The van der Waals surface area contributed by atoms with Crippen LogP contribution < -0.4 is 0 Å². The van der Waals surface area contributed by atoms with Crippen molar-refractivity contribution in [3.63, 3.8) is 0 Å². The lowest BCUT2D eigenvalue weighted by atomic mass is 9.34. The maximum Gasteiger partial charge on any atom is 0.309 e. The first-order valence-corrected chi connectivity index (χ1v) is 12.9. The normalized spacial score (nSPS) is 45.3. The molecule has 34 heavy (non-hydrogen) atoms. The molecule has 1 aromatic rings. The molecular formula is C29H39BO4. The summed E-state index contributed by atoms with van der Waals surface area (Å²) in [5.74, 6) is -0.834. The number of rotatable bonds is 1. The quantitative estimate of drug-likeness (QED) is 0.260. The van der Waals surface area contributed by atoms with Crippen LogP contribution in [-0.4, -0.2) is 29.1 Å². The summed E-state index contributed by atoms with van der Waals surface area (Å²) in [6, 6.07) is 1.74. The standard InChI is InChI=1S/C29H39BO4/c1-16-22-17(13-19(31)23(16)32)27(4)10-12-29(6)21-15-26(3,24(33)34)8-7-25(21,2)9-11-28(29,5)20(27)14-18(22)30/h13-14,18,21,31-32H,7-12,15H2,1-6H3,(H,33,34)/t18?,21-,25-,26-,27+,28-,29+/m1/s1. The largest absolute Gasteiger partial charge is 0.504 e. The minimum atomic E-state index is -0.670. The van der Waals surface area contributed by atoms with Gasteiger partial charge in [-0.1, -0.05) is 39.3 Å². The summed E-state index contributed by atoms with van der Waals surface area (Å²) >= 11 is 0. The number of fused-ring (bicyclic) bond motifs is 7. The zero-order chi connectivity index (χ0) is 25.1. The van der Waals surface area contributed by atoms with E-state index in [2.05, 4.69) is 33.8 Å². The molecule has 0 aliphatic heterocycles. The first-order chi connectivity index (χ1) is 15.6. The molecule has 1 unspecified atom stereocenters. The Morgan fingerprint density at radius 3 is 2.29 bits per heavy atom. The molecule has 4 aliphatic rings. The van der Waals surface area contributed by atoms with E-state index in [-0.39, 0.29) is 39.0 Å². The van der Waals surface area contributed by atoms with Crippen LogP contribution in [0, 0.1) is 34.5 Å². The van der Waals surface area contributed by atoms with Crippen molar-refractivity contribution in [3.8, 4) is 11.5 Å². The molecule has 5 heteroatoms. The SMILES string of the molecule is [B]C1C=C2[C@@](C)(CC[C@@]3(C)[C@@H]4C[C@](C)(C(=O)O)CC[C@]4(C)CC[C@]23C)c2cc(O)c(O)c(C)c21. The van der Waals surface area contributed by atoms with E-state index < -0.39 is 11.4 Å². The number of aromatic hydroxyl groups is 2. The summed E-state index contributed by atoms with van der Waals surface area (Å²) in [4.78, 5) is 12.3. The van der Waals surface area contributed by atoms with Gasteiger partial charge in [-0.25, -0.2) is 0 Å². The maximum atomic E-state index is 12.3. The number of allylic oxidation sites excluding steroid dienone is 2. The van der Waals surface area contributed by atoms with Gasteiger partial charge in [0.25, 0.3) is 0 Å². The Labute approximate surface area is 205 Å². The van der Waals surface area contributed by atoms with Gasteiger partial charge in [0, 0.05) is 5.41 Å². The molecule has 7 atom stereocenters. The van der Waals surface area contributed by atoms with Gasteiger partial charge in [-0.3, -0.25) is 4.79 Å². The predicted molar refractivity (Wildman–Crippen MR) is 134 cm³/mol. The van der Waals surface area contributed by atoms with Gasteiger partial charge in [0.05, 0.1) is 13.3 Å². The molecule has 0 saturated heterocycles. The molecular weight excluding hydrogens is 423 g/mol. The van der Waals surface area contributed by atoms with Crippen molar-refractivity contribution < 1.29 is 20.1 Å². The lowest BCUT2D eigenvalue weighted by Gasteiger charge is -2.70. The Hall–Kier alpha value is -1.91. The van der Waals surface area contributed by atoms with E-state index in [1.165, 1.54) is 5.57 Å². The highest BCUT2D eigenvalue weighted by Gasteiger charge is 2.67. The van der Waals surface area contributed by atoms with Crippen molar-refractivity contribution in [2.24, 2.45) is 27.6 Å². The van der Waals surface area contributed by atoms with Gasteiger partial charge in [-0.05, 0) is 110 Å². The second kappa shape index (κ2) is 6.86. The lowest BCUT2D eigenvalue weighted by molar-refractivity contribution is -0.177. The Balaban J connectivity index is 1.66. The summed E-state index contributed by atoms with van der Waals surface area (Å²) in [6.45, 7) is 13.3. The zero-order valence-corrected chi connectivity index (χ0v) is 21.6. The van der Waals surface area contributed by atoms with Crippen LogP contribution in [0.15, 0.2) is 17.7 Å². The lowest BCUT2D eigenvalue weighted by Crippen LogP contribution is -2.62. The molecule has 0 bridgehead atoms. The fraction of sp³-hybridized carbons (Fsp3) is 0.690. The number of phenols is 2. The molecule has 2 radical (unpaired) electrons. The van der Waals surface area contributed by atoms with E-state index in [9.17, 15) is 20.1 Å². The number of carboxylic acid groups (broad SMARTS) is 1. The Morgan fingerprint density at radius 1 is 1.00 bits per heavy atom. The first-order valence-electron chi connectivity index (χ1n) is 12.9. The van der Waals surface area contributed by atoms with Crippen LogP contribution in [0.5, 0.6) is 11.5 Å². The third-order valence-corrected chi connectivity index (χ3v) is 11.7. The highest BCUT2D eigenvalue weighted by molar-refractivity contribution is 6.14. The van der Waals surface area contributed by atoms with Gasteiger partial charge in [-0.2, -0.15) is 0 Å². The minimum Gasteiger partial charge on any atom is -0.504 e. The molecule has 0 spiro atoms. The van der Waals surface area contributed by atoms with Gasteiger partial charge in [0.1, 0.15) is 0 Å². The topological polar surface area (TPSA) is 77.8 Å². The predicted octanol–water partition coefficient (Wildman–Crippen LogP) is 6.31. The summed E-state index contributed by atoms with van der Waals surface area (Å²) < 4.78 is 0. The average Bonchev–Trinajstić information content (AvgIpc) is 2.77. The minimum absolute atomic E-state index is 0.0340. The van der Waals surface area contributed by atoms with Crippen molar-refractivity contribution in [1.29, 1.82) is 0 Å². The van der Waals surface area contributed by atoms with Gasteiger partial charge in [-0.15, -0.1) is 0 Å². The number of hydrogen-bond donors (Lipinski definition) is 3. The smallest absolute Gasteiger partial charge is 0.309 e. The summed E-state index contributed by atoms with van der Waals surface area (Å²) in [6.07, 6.45) is 8.77.